The van der Waals surface area contributed by atoms with Gasteiger partial charge < -0.3 is 15.8 Å². The molecule has 3 unspecified atom stereocenters. The third-order valence-electron chi connectivity index (χ3n) is 6.67. The fourth-order valence-corrected chi connectivity index (χ4v) is 6.72. The number of ether oxygens (including phenoxy) is 1. The Morgan fingerprint density at radius 2 is 2.03 bits per heavy atom. The summed E-state index contributed by atoms with van der Waals surface area (Å²) in [7, 11) is -2.14. The van der Waals surface area contributed by atoms with Gasteiger partial charge in [-0.1, -0.05) is 0 Å². The Morgan fingerprint density at radius 3 is 2.84 bits per heavy atom. The molecule has 2 aromatic carbocycles. The maximum absolute atomic E-state index is 12.7. The molecular formula is C25H30N4O2S. The summed E-state index contributed by atoms with van der Waals surface area (Å²) in [5.74, 6) is 6.74. The van der Waals surface area contributed by atoms with Crippen LogP contribution < -0.4 is 15.8 Å². The first-order valence-electron chi connectivity index (χ1n) is 11.2. The van der Waals surface area contributed by atoms with E-state index in [-0.39, 0.29) is 6.10 Å². The molecule has 32 heavy (non-hydrogen) atoms. The summed E-state index contributed by atoms with van der Waals surface area (Å²) in [4.78, 5) is 0.909. The van der Waals surface area contributed by atoms with Gasteiger partial charge in [-0.05, 0) is 102 Å². The molecule has 5 rings (SSSR count). The number of hydrogen-bond acceptors (Lipinski definition) is 5. The van der Waals surface area contributed by atoms with Crippen LogP contribution in [0.15, 0.2) is 47.4 Å². The highest BCUT2D eigenvalue weighted by Gasteiger charge is 2.30. The molecule has 6 nitrogen and oxygen atoms in total. The van der Waals surface area contributed by atoms with Crippen LogP contribution in [0.4, 0.5) is 17.2 Å². The fourth-order valence-electron chi connectivity index (χ4n) is 4.94. The molecule has 0 amide bonds. The van der Waals surface area contributed by atoms with Crippen molar-refractivity contribution in [1.29, 1.82) is 0 Å². The van der Waals surface area contributed by atoms with Crippen LogP contribution in [-0.4, -0.2) is 32.1 Å². The van der Waals surface area contributed by atoms with Crippen molar-refractivity contribution in [3.8, 4) is 5.75 Å². The van der Waals surface area contributed by atoms with Gasteiger partial charge in [0.2, 0.25) is 0 Å². The minimum Gasteiger partial charge on any atom is -0.490 e. The monoisotopic (exact) mass is 450 g/mol. The van der Waals surface area contributed by atoms with E-state index in [4.69, 9.17) is 10.5 Å². The molecule has 2 heterocycles. The summed E-state index contributed by atoms with van der Waals surface area (Å²) in [6.45, 7) is 2.11. The molecule has 168 valence electrons. The van der Waals surface area contributed by atoms with Gasteiger partial charge in [0.05, 0.1) is 6.10 Å². The van der Waals surface area contributed by atoms with Crippen LogP contribution in [0.2, 0.25) is 0 Å². The first-order chi connectivity index (χ1) is 15.4. The summed E-state index contributed by atoms with van der Waals surface area (Å²) in [6.07, 6.45) is 5.11. The van der Waals surface area contributed by atoms with E-state index in [0.717, 1.165) is 71.1 Å². The molecule has 1 aromatic heterocycles. The second-order valence-corrected chi connectivity index (χ2v) is 11.5. The van der Waals surface area contributed by atoms with Crippen molar-refractivity contribution in [3.05, 3.63) is 59.3 Å². The molecule has 2 aliphatic rings. The number of nitrogen functional groups attached to an aromatic ring is 1. The van der Waals surface area contributed by atoms with Crippen LogP contribution in [0.5, 0.6) is 5.75 Å². The van der Waals surface area contributed by atoms with Gasteiger partial charge in [0.15, 0.2) is 5.82 Å². The summed E-state index contributed by atoms with van der Waals surface area (Å²) in [5, 5.41) is 11.3. The van der Waals surface area contributed by atoms with Crippen LogP contribution in [0.3, 0.4) is 0 Å². The zero-order chi connectivity index (χ0) is 22.3. The molecule has 1 fully saturated rings. The molecule has 3 aromatic rings. The van der Waals surface area contributed by atoms with Crippen LogP contribution in [0.25, 0.3) is 0 Å². The van der Waals surface area contributed by atoms with E-state index in [9.17, 15) is 4.21 Å². The smallest absolute Gasteiger partial charge is 0.155 e. The molecule has 3 atom stereocenters. The van der Waals surface area contributed by atoms with Crippen molar-refractivity contribution in [2.75, 3.05) is 16.8 Å². The summed E-state index contributed by atoms with van der Waals surface area (Å²) in [6, 6.07) is 13.6. The van der Waals surface area contributed by atoms with E-state index in [0.29, 0.717) is 11.7 Å². The largest absolute Gasteiger partial charge is 0.490 e. The van der Waals surface area contributed by atoms with Gasteiger partial charge in [0.1, 0.15) is 5.75 Å². The quantitative estimate of drug-likeness (QED) is 0.384. The minimum absolute atomic E-state index is 0.195. The lowest BCUT2D eigenvalue weighted by Gasteiger charge is -2.20. The number of aromatic amines is 1. The number of nitrogens with two attached hydrogens (primary N) is 1. The number of fused-ring (bicyclic) bond motifs is 1. The van der Waals surface area contributed by atoms with E-state index in [1.54, 1.807) is 0 Å². The standard InChI is InChI=1S/C25H30N4O2S/c1-16-24(18-5-9-22(15-18)31-21-10-6-19(26)7-11-21)28-29-25(16)27-20-8-12-23-17(14-20)4-3-13-32(23,2)30/h6-8,10-12,14,18,22H,2-5,9,13,15,26H2,1H3,(H2,27,28,29). The van der Waals surface area contributed by atoms with Crippen molar-refractivity contribution in [2.45, 2.75) is 55.9 Å². The Kier molecular flexibility index (Phi) is 5.37. The lowest BCUT2D eigenvalue weighted by atomic mass is 10.0. The molecular weight excluding hydrogens is 420 g/mol. The molecule has 4 N–H and O–H groups in total. The number of aryl methyl sites for hydroxylation is 1. The Balaban J connectivity index is 1.27. The lowest BCUT2D eigenvalue weighted by Crippen LogP contribution is -2.15. The van der Waals surface area contributed by atoms with Crippen molar-refractivity contribution in [3.63, 3.8) is 0 Å². The van der Waals surface area contributed by atoms with E-state index in [1.807, 2.05) is 36.4 Å². The van der Waals surface area contributed by atoms with Crippen molar-refractivity contribution < 1.29 is 8.95 Å². The van der Waals surface area contributed by atoms with Crippen LogP contribution in [-0.2, 0) is 15.9 Å². The summed E-state index contributed by atoms with van der Waals surface area (Å²) >= 11 is 0. The number of benzene rings is 2. The van der Waals surface area contributed by atoms with Crippen molar-refractivity contribution in [2.24, 2.45) is 0 Å². The van der Waals surface area contributed by atoms with Crippen LogP contribution in [0, 0.1) is 6.92 Å². The number of rotatable bonds is 5. The van der Waals surface area contributed by atoms with E-state index in [1.165, 1.54) is 5.69 Å². The topological polar surface area (TPSA) is 93.0 Å². The third-order valence-corrected chi connectivity index (χ3v) is 8.82. The Bertz CT molecular complexity index is 1230. The highest BCUT2D eigenvalue weighted by atomic mass is 32.2. The van der Waals surface area contributed by atoms with Gasteiger partial charge in [0.25, 0.3) is 0 Å². The number of anilines is 3. The molecule has 7 heteroatoms. The highest BCUT2D eigenvalue weighted by Crippen LogP contribution is 2.39. The zero-order valence-corrected chi connectivity index (χ0v) is 19.2. The molecule has 0 spiro atoms. The highest BCUT2D eigenvalue weighted by molar-refractivity contribution is 8.00. The molecule has 0 radical (unpaired) electrons. The average molecular weight is 451 g/mol. The predicted molar refractivity (Wildman–Crippen MR) is 132 cm³/mol. The second-order valence-electron chi connectivity index (χ2n) is 9.00. The first kappa shape index (κ1) is 20.9. The van der Waals surface area contributed by atoms with Crippen LogP contribution in [0.1, 0.15) is 48.4 Å². The minimum atomic E-state index is -2.14. The number of nitrogens with zero attached hydrogens (tertiary/aromatic N) is 1. The summed E-state index contributed by atoms with van der Waals surface area (Å²) < 4.78 is 18.9. The third kappa shape index (κ3) is 4.09. The predicted octanol–water partition coefficient (Wildman–Crippen LogP) is 4.78. The molecule has 1 aliphatic heterocycles. The van der Waals surface area contributed by atoms with Gasteiger partial charge in [-0.15, -0.1) is 0 Å². The maximum atomic E-state index is 12.7. The number of H-pyrrole nitrogens is 1. The van der Waals surface area contributed by atoms with E-state index < -0.39 is 9.52 Å². The fraction of sp³-hybridized carbons (Fsp3) is 0.360. The number of aromatic nitrogens is 2. The van der Waals surface area contributed by atoms with Gasteiger partial charge in [-0.2, -0.15) is 5.10 Å². The number of hydrogen-bond donors (Lipinski definition) is 3. The normalized spacial score (nSPS) is 24.8. The Hall–Kier alpha value is -2.93. The summed E-state index contributed by atoms with van der Waals surface area (Å²) in [5.41, 5.74) is 10.9. The van der Waals surface area contributed by atoms with Gasteiger partial charge >= 0.3 is 0 Å². The zero-order valence-electron chi connectivity index (χ0n) is 18.4. The molecule has 0 saturated heterocycles. The molecule has 0 bridgehead atoms. The molecule has 1 saturated carbocycles. The van der Waals surface area contributed by atoms with Gasteiger partial charge in [-0.25, -0.2) is 0 Å². The van der Waals surface area contributed by atoms with E-state index >= 15 is 0 Å². The second kappa shape index (κ2) is 8.20. The van der Waals surface area contributed by atoms with Crippen LogP contribution >= 0.6 is 0 Å². The van der Waals surface area contributed by atoms with Gasteiger partial charge in [0, 0.05) is 39.2 Å². The Labute approximate surface area is 189 Å². The number of nitrogens with one attached hydrogen (secondary N) is 2. The van der Waals surface area contributed by atoms with Gasteiger partial charge in [-0.3, -0.25) is 9.31 Å². The maximum Gasteiger partial charge on any atom is 0.155 e. The first-order valence-corrected chi connectivity index (χ1v) is 13.1. The Morgan fingerprint density at radius 1 is 1.22 bits per heavy atom. The van der Waals surface area contributed by atoms with Crippen molar-refractivity contribution >= 4 is 32.6 Å². The van der Waals surface area contributed by atoms with E-state index in [2.05, 4.69) is 34.4 Å². The van der Waals surface area contributed by atoms with Crippen molar-refractivity contribution in [1.82, 2.24) is 10.2 Å². The SMILES string of the molecule is C=S1(=O)CCCc2cc(Nc3n[nH]c(C4CCC(Oc5ccc(N)cc5)C4)c3C)ccc21. The lowest BCUT2D eigenvalue weighted by molar-refractivity contribution is 0.208. The average Bonchev–Trinajstić information content (AvgIpc) is 3.36. The molecule has 1 aliphatic carbocycles.